The van der Waals surface area contributed by atoms with Gasteiger partial charge in [0.05, 0.1) is 23.3 Å². The van der Waals surface area contributed by atoms with Gasteiger partial charge in [0, 0.05) is 26.3 Å². The maximum atomic E-state index is 12.2. The summed E-state index contributed by atoms with van der Waals surface area (Å²) >= 11 is 6.13. The molecule has 1 fully saturated rings. The SMILES string of the molecule is C[C@H]1OCCN[C@@H]1C(=O)Nc1ccc(C(=O)N(C)C)c(Cl)c1.Cl. The molecule has 0 aliphatic carbocycles. The number of anilines is 1. The summed E-state index contributed by atoms with van der Waals surface area (Å²) < 4.78 is 5.45. The highest BCUT2D eigenvalue weighted by Gasteiger charge is 2.28. The normalized spacial score (nSPS) is 20.3. The molecule has 0 unspecified atom stereocenters. The number of hydrogen-bond acceptors (Lipinski definition) is 4. The lowest BCUT2D eigenvalue weighted by atomic mass is 10.1. The van der Waals surface area contributed by atoms with Crippen LogP contribution in [0.3, 0.4) is 0 Å². The highest BCUT2D eigenvalue weighted by atomic mass is 35.5. The lowest BCUT2D eigenvalue weighted by Crippen LogP contribution is -2.53. The summed E-state index contributed by atoms with van der Waals surface area (Å²) in [6.07, 6.45) is -0.196. The quantitative estimate of drug-likeness (QED) is 0.860. The van der Waals surface area contributed by atoms with Crippen LogP contribution < -0.4 is 10.6 Å². The lowest BCUT2D eigenvalue weighted by molar-refractivity contribution is -0.123. The van der Waals surface area contributed by atoms with Crippen LogP contribution >= 0.6 is 24.0 Å². The van der Waals surface area contributed by atoms with E-state index in [0.29, 0.717) is 29.4 Å². The molecule has 0 radical (unpaired) electrons. The van der Waals surface area contributed by atoms with Crippen LogP contribution in [-0.4, -0.2) is 56.1 Å². The fraction of sp³-hybridized carbons (Fsp3) is 0.467. The summed E-state index contributed by atoms with van der Waals surface area (Å²) in [4.78, 5) is 25.6. The Balaban J connectivity index is 0.00000264. The molecule has 0 spiro atoms. The molecular weight excluding hydrogens is 341 g/mol. The number of rotatable bonds is 3. The zero-order chi connectivity index (χ0) is 16.3. The van der Waals surface area contributed by atoms with Gasteiger partial charge in [-0.3, -0.25) is 9.59 Å². The van der Waals surface area contributed by atoms with E-state index in [0.717, 1.165) is 0 Å². The van der Waals surface area contributed by atoms with Gasteiger partial charge in [-0.25, -0.2) is 0 Å². The van der Waals surface area contributed by atoms with Gasteiger partial charge < -0.3 is 20.3 Å². The Kier molecular flexibility index (Phi) is 7.28. The van der Waals surface area contributed by atoms with Crippen molar-refractivity contribution in [1.82, 2.24) is 10.2 Å². The van der Waals surface area contributed by atoms with Crippen molar-refractivity contribution in [2.75, 3.05) is 32.6 Å². The largest absolute Gasteiger partial charge is 0.375 e. The average molecular weight is 362 g/mol. The number of halogens is 2. The molecule has 23 heavy (non-hydrogen) atoms. The fourth-order valence-corrected chi connectivity index (χ4v) is 2.52. The number of amides is 2. The molecule has 1 aromatic rings. The van der Waals surface area contributed by atoms with Crippen LogP contribution in [0.15, 0.2) is 18.2 Å². The van der Waals surface area contributed by atoms with Gasteiger partial charge in [-0.1, -0.05) is 11.6 Å². The molecule has 128 valence electrons. The first-order chi connectivity index (χ1) is 10.4. The van der Waals surface area contributed by atoms with E-state index in [9.17, 15) is 9.59 Å². The highest BCUT2D eigenvalue weighted by molar-refractivity contribution is 6.34. The van der Waals surface area contributed by atoms with Crippen LogP contribution in [0.2, 0.25) is 5.02 Å². The zero-order valence-electron chi connectivity index (χ0n) is 13.3. The molecule has 1 saturated heterocycles. The highest BCUT2D eigenvalue weighted by Crippen LogP contribution is 2.22. The third-order valence-electron chi connectivity index (χ3n) is 3.47. The molecule has 2 atom stereocenters. The molecule has 2 amide bonds. The van der Waals surface area contributed by atoms with E-state index in [1.54, 1.807) is 32.3 Å². The van der Waals surface area contributed by atoms with Crippen molar-refractivity contribution >= 4 is 41.5 Å². The number of carbonyl (C=O) groups is 2. The molecule has 8 heteroatoms. The molecule has 1 aliphatic heterocycles. The Morgan fingerprint density at radius 3 is 2.65 bits per heavy atom. The minimum Gasteiger partial charge on any atom is -0.375 e. The number of hydrogen-bond donors (Lipinski definition) is 2. The molecule has 2 N–H and O–H groups in total. The Morgan fingerprint density at radius 1 is 1.39 bits per heavy atom. The molecule has 2 rings (SSSR count). The smallest absolute Gasteiger partial charge is 0.254 e. The lowest BCUT2D eigenvalue weighted by Gasteiger charge is -2.29. The van der Waals surface area contributed by atoms with Crippen LogP contribution in [0.4, 0.5) is 5.69 Å². The molecule has 0 aromatic heterocycles. The van der Waals surface area contributed by atoms with E-state index < -0.39 is 6.04 Å². The number of morpholine rings is 1. The number of ether oxygens (including phenoxy) is 1. The second-order valence-corrected chi connectivity index (χ2v) is 5.80. The first-order valence-electron chi connectivity index (χ1n) is 7.07. The van der Waals surface area contributed by atoms with Crippen molar-refractivity contribution in [3.63, 3.8) is 0 Å². The van der Waals surface area contributed by atoms with Gasteiger partial charge in [-0.2, -0.15) is 0 Å². The van der Waals surface area contributed by atoms with Crippen LogP contribution in [0.5, 0.6) is 0 Å². The molecule has 1 aromatic carbocycles. The van der Waals surface area contributed by atoms with Gasteiger partial charge in [0.2, 0.25) is 5.91 Å². The van der Waals surface area contributed by atoms with Gasteiger partial charge in [-0.15, -0.1) is 12.4 Å². The second-order valence-electron chi connectivity index (χ2n) is 5.39. The van der Waals surface area contributed by atoms with Crippen molar-refractivity contribution in [2.24, 2.45) is 0 Å². The third kappa shape index (κ3) is 4.81. The number of benzene rings is 1. The Labute approximate surface area is 146 Å². The average Bonchev–Trinajstić information content (AvgIpc) is 2.47. The Morgan fingerprint density at radius 2 is 2.09 bits per heavy atom. The topological polar surface area (TPSA) is 70.7 Å². The summed E-state index contributed by atoms with van der Waals surface area (Å²) in [7, 11) is 3.31. The predicted molar refractivity (Wildman–Crippen MR) is 92.6 cm³/mol. The van der Waals surface area contributed by atoms with Crippen molar-refractivity contribution in [1.29, 1.82) is 0 Å². The van der Waals surface area contributed by atoms with Gasteiger partial charge in [0.25, 0.3) is 5.91 Å². The number of nitrogens with one attached hydrogen (secondary N) is 2. The zero-order valence-corrected chi connectivity index (χ0v) is 14.8. The monoisotopic (exact) mass is 361 g/mol. The first-order valence-corrected chi connectivity index (χ1v) is 7.45. The van der Waals surface area contributed by atoms with E-state index in [2.05, 4.69) is 10.6 Å². The van der Waals surface area contributed by atoms with Crippen LogP contribution in [0.1, 0.15) is 17.3 Å². The van der Waals surface area contributed by atoms with Gasteiger partial charge >= 0.3 is 0 Å². The summed E-state index contributed by atoms with van der Waals surface area (Å²) in [6.45, 7) is 3.08. The van der Waals surface area contributed by atoms with Crippen LogP contribution in [0.25, 0.3) is 0 Å². The molecule has 0 bridgehead atoms. The molecule has 0 saturated carbocycles. The molecule has 1 heterocycles. The Hall–Kier alpha value is -1.34. The number of carbonyl (C=O) groups excluding carboxylic acids is 2. The fourth-order valence-electron chi connectivity index (χ4n) is 2.25. The summed E-state index contributed by atoms with van der Waals surface area (Å²) in [6, 6.07) is 4.43. The van der Waals surface area contributed by atoms with E-state index in [4.69, 9.17) is 16.3 Å². The second kappa shape index (κ2) is 8.49. The summed E-state index contributed by atoms with van der Waals surface area (Å²) in [5.74, 6) is -0.367. The van der Waals surface area contributed by atoms with Gasteiger partial charge in [0.1, 0.15) is 6.04 Å². The van der Waals surface area contributed by atoms with Crippen LogP contribution in [-0.2, 0) is 9.53 Å². The van der Waals surface area contributed by atoms with Crippen molar-refractivity contribution < 1.29 is 14.3 Å². The maximum Gasteiger partial charge on any atom is 0.254 e. The van der Waals surface area contributed by atoms with E-state index in [1.165, 1.54) is 4.90 Å². The summed E-state index contributed by atoms with van der Waals surface area (Å²) in [5.41, 5.74) is 0.946. The molecule has 1 aliphatic rings. The van der Waals surface area contributed by atoms with Crippen molar-refractivity contribution in [2.45, 2.75) is 19.1 Å². The van der Waals surface area contributed by atoms with E-state index in [-0.39, 0.29) is 30.3 Å². The Bertz CT molecular complexity index is 581. The van der Waals surface area contributed by atoms with Gasteiger partial charge in [-0.05, 0) is 25.1 Å². The standard InChI is InChI=1S/C15H20ClN3O3.ClH/c1-9-13(17-6-7-22-9)14(20)18-10-4-5-11(12(16)8-10)15(21)19(2)3;/h4-5,8-9,13,17H,6-7H2,1-3H3,(H,18,20);1H/t9-,13+;/m1./s1. The summed E-state index contributed by atoms with van der Waals surface area (Å²) in [5, 5.41) is 6.21. The van der Waals surface area contributed by atoms with Crippen molar-refractivity contribution in [3.05, 3.63) is 28.8 Å². The first kappa shape index (κ1) is 19.7. The maximum absolute atomic E-state index is 12.2. The molecule has 6 nitrogen and oxygen atoms in total. The molecular formula is C15H21Cl2N3O3. The van der Waals surface area contributed by atoms with Crippen molar-refractivity contribution in [3.8, 4) is 0 Å². The van der Waals surface area contributed by atoms with Gasteiger partial charge in [0.15, 0.2) is 0 Å². The minimum atomic E-state index is -0.407. The number of nitrogens with zero attached hydrogens (tertiary/aromatic N) is 1. The van der Waals surface area contributed by atoms with E-state index >= 15 is 0 Å². The minimum absolute atomic E-state index is 0. The van der Waals surface area contributed by atoms with Crippen LogP contribution in [0, 0.1) is 0 Å². The van der Waals surface area contributed by atoms with E-state index in [1.807, 2.05) is 6.92 Å². The third-order valence-corrected chi connectivity index (χ3v) is 3.78. The predicted octanol–water partition coefficient (Wildman–Crippen LogP) is 1.78.